The molecule has 8 rings (SSSR count). The number of aryl methyl sites for hydroxylation is 3. The molecule has 6 amide bonds. The lowest BCUT2D eigenvalue weighted by Crippen LogP contribution is -2.61. The summed E-state index contributed by atoms with van der Waals surface area (Å²) in [6, 6.07) is 8.84. The summed E-state index contributed by atoms with van der Waals surface area (Å²) < 4.78 is 38.7. The highest BCUT2D eigenvalue weighted by molar-refractivity contribution is 6.08. The Hall–Kier alpha value is -8.99. The summed E-state index contributed by atoms with van der Waals surface area (Å²) in [6.45, 7) is 5.60. The van der Waals surface area contributed by atoms with Crippen LogP contribution < -0.4 is 46.3 Å². The van der Waals surface area contributed by atoms with Gasteiger partial charge in [-0.3, -0.25) is 28.7 Å². The van der Waals surface area contributed by atoms with Crippen LogP contribution in [0.15, 0.2) is 73.2 Å². The minimum atomic E-state index is -2.02. The zero-order chi connectivity index (χ0) is 64.9. The first-order chi connectivity index (χ1) is 43.1. The fourth-order valence-electron chi connectivity index (χ4n) is 10.2. The van der Waals surface area contributed by atoms with Gasteiger partial charge in [-0.15, -0.1) is 5.10 Å². The number of carbonyl (C=O) groups excluding carboxylic acids is 6. The summed E-state index contributed by atoms with van der Waals surface area (Å²) in [5.74, 6) is 0.790. The van der Waals surface area contributed by atoms with E-state index < -0.39 is 85.3 Å². The van der Waals surface area contributed by atoms with Gasteiger partial charge >= 0.3 is 12.1 Å². The summed E-state index contributed by atoms with van der Waals surface area (Å²) >= 11 is 0. The number of benzene rings is 2. The predicted molar refractivity (Wildman–Crippen MR) is 317 cm³/mol. The number of hydrogen-bond donors (Lipinski definition) is 10. The van der Waals surface area contributed by atoms with E-state index in [4.69, 9.17) is 34.3 Å². The molecule has 2 saturated heterocycles. The lowest BCUT2D eigenvalue weighted by Gasteiger charge is -2.38. The van der Waals surface area contributed by atoms with Crippen molar-refractivity contribution in [3.05, 3.63) is 107 Å². The third-order valence-electron chi connectivity index (χ3n) is 14.8. The van der Waals surface area contributed by atoms with Crippen LogP contribution in [-0.2, 0) is 51.1 Å². The number of unbranched alkanes of at least 4 members (excludes halogenated alkanes) is 2. The Kier molecular flexibility index (Phi) is 22.7. The zero-order valence-electron chi connectivity index (χ0n) is 50.2. The average Bonchev–Trinajstić information content (AvgIpc) is 1.62. The minimum absolute atomic E-state index is 0.0209. The van der Waals surface area contributed by atoms with Gasteiger partial charge in [-0.25, -0.2) is 20.4 Å². The van der Waals surface area contributed by atoms with E-state index in [1.165, 1.54) is 59.3 Å². The number of amides is 6. The number of hydrogen-bond acceptors (Lipinski definition) is 22. The van der Waals surface area contributed by atoms with Crippen LogP contribution in [0.5, 0.6) is 17.2 Å². The topological polar surface area (TPSA) is 410 Å². The first-order valence-corrected chi connectivity index (χ1v) is 28.7. The molecule has 2 aromatic carbocycles. The minimum Gasteiger partial charge on any atom is -0.493 e. The lowest BCUT2D eigenvalue weighted by molar-refractivity contribution is -0.271. The van der Waals surface area contributed by atoms with Crippen molar-refractivity contribution >= 4 is 58.7 Å². The van der Waals surface area contributed by atoms with E-state index in [2.05, 4.69) is 43.0 Å². The number of nitrogens with one attached hydrogen (secondary N) is 4. The summed E-state index contributed by atoms with van der Waals surface area (Å²) in [5, 5.41) is 72.1. The van der Waals surface area contributed by atoms with Crippen LogP contribution in [-0.4, -0.2) is 218 Å². The second kappa shape index (κ2) is 30.5. The molecule has 0 radical (unpaired) electrons. The smallest absolute Gasteiger partial charge is 0.416 e. The first kappa shape index (κ1) is 67.0. The third kappa shape index (κ3) is 16.3. The van der Waals surface area contributed by atoms with E-state index in [0.29, 0.717) is 55.0 Å². The highest BCUT2D eigenvalue weighted by atomic mass is 16.7. The molecule has 0 bridgehead atoms. The summed E-state index contributed by atoms with van der Waals surface area (Å²) in [6.07, 6.45) is -5.34. The second-order valence-corrected chi connectivity index (χ2v) is 21.8. The van der Waals surface area contributed by atoms with Crippen molar-refractivity contribution in [3.8, 4) is 17.2 Å². The summed E-state index contributed by atoms with van der Waals surface area (Å²) in [7, 11) is 8.65. The van der Waals surface area contributed by atoms with Gasteiger partial charge in [0, 0.05) is 58.7 Å². The fourth-order valence-corrected chi connectivity index (χ4v) is 10.2. The van der Waals surface area contributed by atoms with Crippen LogP contribution in [0.1, 0.15) is 89.8 Å². The number of rotatable bonds is 29. The molecule has 32 heteroatoms. The maximum absolute atomic E-state index is 14.4. The number of aliphatic hydroxyl groups is 4. The van der Waals surface area contributed by atoms with E-state index in [1.54, 1.807) is 41.7 Å². The average molecular weight is 1260 g/mol. The van der Waals surface area contributed by atoms with Gasteiger partial charge in [0.25, 0.3) is 29.5 Å². The van der Waals surface area contributed by atoms with Gasteiger partial charge in [-0.05, 0) is 88.6 Å². The van der Waals surface area contributed by atoms with Gasteiger partial charge in [-0.1, -0.05) is 23.4 Å². The Bertz CT molecular complexity index is 3420. The van der Waals surface area contributed by atoms with Gasteiger partial charge in [0.15, 0.2) is 29.5 Å². The second-order valence-electron chi connectivity index (χ2n) is 21.8. The maximum Gasteiger partial charge on any atom is 0.416 e. The molecule has 0 aliphatic carbocycles. The molecule has 6 heterocycles. The largest absolute Gasteiger partial charge is 0.493 e. The standard InChI is InChI=1S/C58H75N13O19/c1-32-21-42-55(80)71(58(83)87-31-33-11-12-43(37(22-33)50(75)61-14-18-85-19-20-88-59)89-57-48(74)46(72)47(73)49(90-57)56(81)82)39-26-45(44(84-6)25-36(39)54(79)70(42)27-32)86-17-9-7-8-16-69-30-38(64-65-69)51(76)62-34-24-41(68(5)28-34)53(78)63-35-23-40(67(4)29-35)52(77)60-13-10-15-66(2)3/h11-12,22-26,28-30,42,46-49,55,57,72-74,80H,1,7-10,13-21,27,31,59H2,2-6H3,(H,60,77)(H,61,75)(H,62,76)(H,63,78)(H,81,82)/t42-,46-,47-,48+,49-,55?,57+/m0/s1. The number of carboxylic acid groups (broad SMARTS) is 1. The first-order valence-electron chi connectivity index (χ1n) is 28.7. The predicted octanol–water partition coefficient (Wildman–Crippen LogP) is 0.553. The number of nitrogens with zero attached hydrogens (tertiary/aromatic N) is 8. The molecule has 0 spiro atoms. The van der Waals surface area contributed by atoms with Gasteiger partial charge in [-0.2, -0.15) is 0 Å². The van der Waals surface area contributed by atoms with E-state index in [9.17, 15) is 59.1 Å². The Labute approximate surface area is 515 Å². The summed E-state index contributed by atoms with van der Waals surface area (Å²) in [5.41, 5.74) is 1.90. The van der Waals surface area contributed by atoms with Gasteiger partial charge < -0.3 is 99.0 Å². The van der Waals surface area contributed by atoms with Crippen molar-refractivity contribution in [2.24, 2.45) is 20.0 Å². The molecular weight excluding hydrogens is 1180 g/mol. The van der Waals surface area contributed by atoms with Gasteiger partial charge in [0.1, 0.15) is 42.1 Å². The van der Waals surface area contributed by atoms with E-state index >= 15 is 0 Å². The number of carbonyl (C=O) groups is 7. The number of aliphatic hydroxyl groups excluding tert-OH is 4. The molecule has 486 valence electrons. The van der Waals surface area contributed by atoms with Gasteiger partial charge in [0.2, 0.25) is 6.29 Å². The Morgan fingerprint density at radius 2 is 1.50 bits per heavy atom. The SMILES string of the molecule is C=C1C[C@H]2C(O)N(C(=O)OCc3ccc(O[C@@H]4O[C@H](C(=O)O)[C@@H](O)[C@H](O)[C@H]4O)c(C(=O)NCCOCCON)c3)c3cc(OCCCCCn4cc(C(=O)Nc5cc(C(=O)Nc6cc(C(=O)NCCCN(C)C)n(C)c6)n(C)c5)nn4)c(OC)cc3C(=O)N2C1. The molecule has 32 nitrogen and oxygen atoms in total. The molecule has 3 aliphatic rings. The van der Waals surface area contributed by atoms with Crippen LogP contribution in [0.25, 0.3) is 0 Å². The van der Waals surface area contributed by atoms with Crippen molar-refractivity contribution < 1.29 is 92.4 Å². The van der Waals surface area contributed by atoms with Crippen LogP contribution in [0.4, 0.5) is 21.9 Å². The van der Waals surface area contributed by atoms with Crippen LogP contribution >= 0.6 is 0 Å². The van der Waals surface area contributed by atoms with E-state index in [-0.39, 0.29) is 103 Å². The molecule has 2 fully saturated rings. The van der Waals surface area contributed by atoms with Gasteiger partial charge in [0.05, 0.1) is 74.0 Å². The van der Waals surface area contributed by atoms with Crippen LogP contribution in [0, 0.1) is 0 Å². The number of methoxy groups -OCH3 is 1. The number of nitrogens with two attached hydrogens (primary N) is 1. The Morgan fingerprint density at radius 3 is 2.20 bits per heavy atom. The quantitative estimate of drug-likeness (QED) is 0.0178. The fraction of sp³-hybridized carbons (Fsp3) is 0.466. The Balaban J connectivity index is 0.881. The third-order valence-corrected chi connectivity index (χ3v) is 14.8. The summed E-state index contributed by atoms with van der Waals surface area (Å²) in [4.78, 5) is 102. The number of fused-ring (bicyclic) bond motifs is 2. The molecule has 90 heavy (non-hydrogen) atoms. The van der Waals surface area contributed by atoms with Crippen molar-refractivity contribution in [1.82, 2.24) is 44.6 Å². The van der Waals surface area contributed by atoms with Crippen LogP contribution in [0.3, 0.4) is 0 Å². The van der Waals surface area contributed by atoms with E-state index in [1.807, 2.05) is 19.0 Å². The highest BCUT2D eigenvalue weighted by Crippen LogP contribution is 2.42. The molecule has 1 unspecified atom stereocenters. The number of aromatic nitrogens is 5. The molecule has 5 aromatic rings. The molecular formula is C58H75N13O19. The highest BCUT2D eigenvalue weighted by Gasteiger charge is 2.49. The molecule has 0 saturated carbocycles. The number of aliphatic carboxylic acids is 1. The van der Waals surface area contributed by atoms with E-state index in [0.717, 1.165) is 17.9 Å². The number of anilines is 3. The molecule has 3 aliphatic heterocycles. The monoisotopic (exact) mass is 1260 g/mol. The molecule has 3 aromatic heterocycles. The van der Waals surface area contributed by atoms with Crippen LogP contribution in [0.2, 0.25) is 0 Å². The zero-order valence-corrected chi connectivity index (χ0v) is 50.2. The van der Waals surface area contributed by atoms with Crippen molar-refractivity contribution in [1.29, 1.82) is 0 Å². The van der Waals surface area contributed by atoms with Crippen molar-refractivity contribution in [2.75, 3.05) is 89.3 Å². The van der Waals surface area contributed by atoms with Crippen molar-refractivity contribution in [2.45, 2.75) is 88.2 Å². The molecule has 11 N–H and O–H groups in total. The maximum atomic E-state index is 14.4. The number of carboxylic acids is 1. The van der Waals surface area contributed by atoms with Crippen molar-refractivity contribution in [3.63, 3.8) is 0 Å². The normalized spacial score (nSPS) is 19.6. The number of ether oxygens (including phenoxy) is 6. The molecule has 7 atom stereocenters. The lowest BCUT2D eigenvalue weighted by atomic mass is 9.99. The Morgan fingerprint density at radius 1 is 0.789 bits per heavy atom.